The number of aliphatic hydroxyl groups excluding tert-OH is 1. The number of benzene rings is 2. The standard InChI is InChI=1S/C19H19ClF2N2O6S2/c1-11(25)17(24-32(28,29)15-8-2-12(20)3-9-15)18(27)30-10-16(26)23-13-4-6-14(7-5-13)31-19(21)22/h2-9,11,17,19,24-25H,10H2,1H3,(H,23,26)/t11-,17+/m1/s1. The van der Waals surface area contributed by atoms with Gasteiger partial charge in [-0.05, 0) is 55.5 Å². The Morgan fingerprint density at radius 1 is 1.12 bits per heavy atom. The molecule has 0 aliphatic carbocycles. The first-order chi connectivity index (χ1) is 15.0. The quantitative estimate of drug-likeness (QED) is 0.333. The Kier molecular flexibility index (Phi) is 9.40. The highest BCUT2D eigenvalue weighted by molar-refractivity contribution is 7.99. The number of anilines is 1. The van der Waals surface area contributed by atoms with E-state index in [2.05, 4.69) is 5.32 Å². The molecular formula is C19H19ClF2N2O6S2. The maximum atomic E-state index is 12.4. The van der Waals surface area contributed by atoms with Crippen LogP contribution in [0.4, 0.5) is 14.5 Å². The summed E-state index contributed by atoms with van der Waals surface area (Å²) in [5, 5.41) is 12.5. The maximum Gasteiger partial charge on any atom is 0.327 e. The van der Waals surface area contributed by atoms with Crippen LogP contribution in [-0.4, -0.2) is 49.9 Å². The molecule has 174 valence electrons. The van der Waals surface area contributed by atoms with Crippen molar-refractivity contribution >= 4 is 50.9 Å². The first-order valence-corrected chi connectivity index (χ1v) is 11.7. The molecule has 0 fully saturated rings. The molecule has 2 rings (SSSR count). The maximum absolute atomic E-state index is 12.4. The minimum Gasteiger partial charge on any atom is -0.454 e. The summed E-state index contributed by atoms with van der Waals surface area (Å²) in [6.07, 6.45) is -1.47. The SMILES string of the molecule is C[C@@H](O)[C@H](NS(=O)(=O)c1ccc(Cl)cc1)C(=O)OCC(=O)Nc1ccc(SC(F)F)cc1. The lowest BCUT2D eigenvalue weighted by molar-refractivity contribution is -0.151. The van der Waals surface area contributed by atoms with Crippen LogP contribution in [0, 0.1) is 0 Å². The molecular weight excluding hydrogens is 490 g/mol. The zero-order valence-corrected chi connectivity index (χ0v) is 18.9. The summed E-state index contributed by atoms with van der Waals surface area (Å²) >= 11 is 6.07. The molecule has 32 heavy (non-hydrogen) atoms. The average molecular weight is 509 g/mol. The topological polar surface area (TPSA) is 122 Å². The lowest BCUT2D eigenvalue weighted by Crippen LogP contribution is -2.48. The summed E-state index contributed by atoms with van der Waals surface area (Å²) in [7, 11) is -4.19. The molecule has 2 atom stereocenters. The van der Waals surface area contributed by atoms with Crippen LogP contribution in [0.1, 0.15) is 6.92 Å². The van der Waals surface area contributed by atoms with Crippen LogP contribution in [0.15, 0.2) is 58.3 Å². The van der Waals surface area contributed by atoms with Gasteiger partial charge in [0.2, 0.25) is 10.0 Å². The van der Waals surface area contributed by atoms with Crippen molar-refractivity contribution in [2.75, 3.05) is 11.9 Å². The van der Waals surface area contributed by atoms with Crippen LogP contribution in [0.5, 0.6) is 0 Å². The summed E-state index contributed by atoms with van der Waals surface area (Å²) in [5.74, 6) is -4.50. The second-order valence-corrected chi connectivity index (χ2v) is 9.57. The number of sulfonamides is 1. The highest BCUT2D eigenvalue weighted by atomic mass is 35.5. The van der Waals surface area contributed by atoms with Gasteiger partial charge in [0.05, 0.1) is 11.0 Å². The molecule has 0 unspecified atom stereocenters. The first kappa shape index (κ1) is 26.0. The van der Waals surface area contributed by atoms with Crippen molar-refractivity contribution in [1.82, 2.24) is 4.72 Å². The van der Waals surface area contributed by atoms with E-state index in [1.54, 1.807) is 0 Å². The minimum atomic E-state index is -4.19. The van der Waals surface area contributed by atoms with Crippen LogP contribution < -0.4 is 10.0 Å². The van der Waals surface area contributed by atoms with Crippen LogP contribution in [0.3, 0.4) is 0 Å². The molecule has 0 radical (unpaired) electrons. The van der Waals surface area contributed by atoms with Gasteiger partial charge < -0.3 is 15.2 Å². The van der Waals surface area contributed by atoms with Crippen molar-refractivity contribution in [1.29, 1.82) is 0 Å². The number of thioether (sulfide) groups is 1. The van der Waals surface area contributed by atoms with E-state index < -0.39 is 46.4 Å². The summed E-state index contributed by atoms with van der Waals surface area (Å²) in [6.45, 7) is 0.410. The molecule has 0 heterocycles. The molecule has 0 bridgehead atoms. The largest absolute Gasteiger partial charge is 0.454 e. The van der Waals surface area contributed by atoms with E-state index in [1.165, 1.54) is 55.5 Å². The van der Waals surface area contributed by atoms with Gasteiger partial charge in [-0.15, -0.1) is 0 Å². The van der Waals surface area contributed by atoms with Crippen LogP contribution >= 0.6 is 23.4 Å². The van der Waals surface area contributed by atoms with Gasteiger partial charge in [-0.3, -0.25) is 9.59 Å². The summed E-state index contributed by atoms with van der Waals surface area (Å²) < 4.78 is 56.4. The molecule has 1 amide bonds. The molecule has 2 aromatic carbocycles. The molecule has 0 saturated carbocycles. The second kappa shape index (κ2) is 11.6. The van der Waals surface area contributed by atoms with Gasteiger partial charge >= 0.3 is 5.97 Å². The number of rotatable bonds is 10. The molecule has 2 aromatic rings. The van der Waals surface area contributed by atoms with E-state index in [0.29, 0.717) is 21.7 Å². The van der Waals surface area contributed by atoms with Gasteiger partial charge in [0.15, 0.2) is 6.61 Å². The zero-order chi connectivity index (χ0) is 23.9. The van der Waals surface area contributed by atoms with Crippen molar-refractivity contribution in [3.05, 3.63) is 53.6 Å². The number of carbonyl (C=O) groups excluding carboxylic acids is 2. The Hall–Kier alpha value is -2.25. The van der Waals surface area contributed by atoms with E-state index in [-0.39, 0.29) is 10.6 Å². The Morgan fingerprint density at radius 3 is 2.25 bits per heavy atom. The van der Waals surface area contributed by atoms with Gasteiger partial charge in [-0.25, -0.2) is 8.42 Å². The van der Waals surface area contributed by atoms with Gasteiger partial charge in [0, 0.05) is 15.6 Å². The van der Waals surface area contributed by atoms with Gasteiger partial charge in [0.1, 0.15) is 6.04 Å². The molecule has 8 nitrogen and oxygen atoms in total. The molecule has 3 N–H and O–H groups in total. The molecule has 0 spiro atoms. The number of hydrogen-bond donors (Lipinski definition) is 3. The molecule has 0 saturated heterocycles. The number of carbonyl (C=O) groups is 2. The van der Waals surface area contributed by atoms with Crippen molar-refractivity contribution in [3.8, 4) is 0 Å². The van der Waals surface area contributed by atoms with E-state index >= 15 is 0 Å². The van der Waals surface area contributed by atoms with E-state index in [1.807, 2.05) is 4.72 Å². The first-order valence-electron chi connectivity index (χ1n) is 8.95. The van der Waals surface area contributed by atoms with Crippen molar-refractivity contribution < 1.29 is 36.6 Å². The Morgan fingerprint density at radius 2 is 1.72 bits per heavy atom. The fourth-order valence-electron chi connectivity index (χ4n) is 2.34. The minimum absolute atomic E-state index is 0.188. The fourth-order valence-corrected chi connectivity index (χ4v) is 4.22. The normalized spacial score (nSPS) is 13.4. The Balaban J connectivity index is 1.94. The number of aliphatic hydroxyl groups is 1. The summed E-state index contributed by atoms with van der Waals surface area (Å²) in [4.78, 5) is 24.4. The van der Waals surface area contributed by atoms with Crippen molar-refractivity contribution in [2.24, 2.45) is 0 Å². The third-order valence-corrected chi connectivity index (χ3v) is 6.28. The van der Waals surface area contributed by atoms with Gasteiger partial charge in [0.25, 0.3) is 11.7 Å². The highest BCUT2D eigenvalue weighted by Gasteiger charge is 2.31. The zero-order valence-electron chi connectivity index (χ0n) is 16.5. The smallest absolute Gasteiger partial charge is 0.327 e. The Labute approximate surface area is 192 Å². The molecule has 0 aromatic heterocycles. The Bertz CT molecular complexity index is 1030. The van der Waals surface area contributed by atoms with Crippen molar-refractivity contribution in [3.63, 3.8) is 0 Å². The van der Waals surface area contributed by atoms with Crippen LogP contribution in [0.25, 0.3) is 0 Å². The summed E-state index contributed by atoms with van der Waals surface area (Å²) in [6, 6.07) is 8.99. The highest BCUT2D eigenvalue weighted by Crippen LogP contribution is 2.26. The van der Waals surface area contributed by atoms with E-state index in [0.717, 1.165) is 0 Å². The number of halogens is 3. The summed E-state index contributed by atoms with van der Waals surface area (Å²) in [5.41, 5.74) is 0.278. The number of nitrogens with one attached hydrogen (secondary N) is 2. The second-order valence-electron chi connectivity index (χ2n) is 6.35. The lowest BCUT2D eigenvalue weighted by Gasteiger charge is -2.20. The van der Waals surface area contributed by atoms with E-state index in [9.17, 15) is 31.9 Å². The van der Waals surface area contributed by atoms with Crippen LogP contribution in [-0.2, 0) is 24.3 Å². The third kappa shape index (κ3) is 8.02. The number of alkyl halides is 2. The van der Waals surface area contributed by atoms with Gasteiger partial charge in [-0.2, -0.15) is 13.5 Å². The predicted octanol–water partition coefficient (Wildman–Crippen LogP) is 2.86. The fraction of sp³-hybridized carbons (Fsp3) is 0.263. The number of hydrogen-bond acceptors (Lipinski definition) is 7. The molecule has 13 heteroatoms. The monoisotopic (exact) mass is 508 g/mol. The van der Waals surface area contributed by atoms with Crippen LogP contribution in [0.2, 0.25) is 5.02 Å². The average Bonchev–Trinajstić information content (AvgIpc) is 2.71. The van der Waals surface area contributed by atoms with Crippen molar-refractivity contribution in [2.45, 2.75) is 34.6 Å². The third-order valence-electron chi connectivity index (χ3n) is 3.85. The molecule has 0 aliphatic rings. The van der Waals surface area contributed by atoms with E-state index in [4.69, 9.17) is 16.3 Å². The lowest BCUT2D eigenvalue weighted by atomic mass is 10.2. The van der Waals surface area contributed by atoms with Gasteiger partial charge in [-0.1, -0.05) is 23.4 Å². The predicted molar refractivity (Wildman–Crippen MR) is 115 cm³/mol. The number of esters is 1. The number of amides is 1. The molecule has 0 aliphatic heterocycles. The number of ether oxygens (including phenoxy) is 1.